The second-order valence-corrected chi connectivity index (χ2v) is 2.41. The smallest absolute Gasteiger partial charge is 0.422 e. The Bertz CT molecular complexity index is 369. The molecule has 0 spiro atoms. The minimum Gasteiger partial charge on any atom is -0.457 e. The molecule has 5 heteroatoms. The molecular formula is C9H9N3O2. The number of hydrogen-bond acceptors (Lipinski definition) is 3. The minimum absolute atomic E-state index is 0.139. The van der Waals surface area contributed by atoms with Gasteiger partial charge >= 0.3 is 11.7 Å². The van der Waals surface area contributed by atoms with E-state index in [-0.39, 0.29) is 12.3 Å². The second-order valence-electron chi connectivity index (χ2n) is 2.41. The van der Waals surface area contributed by atoms with Gasteiger partial charge in [0.15, 0.2) is 0 Å². The molecule has 5 nitrogen and oxygen atoms in total. The Morgan fingerprint density at radius 3 is 3.00 bits per heavy atom. The molecule has 0 atom stereocenters. The molecule has 1 heterocycles. The van der Waals surface area contributed by atoms with Crippen molar-refractivity contribution in [1.82, 2.24) is 4.98 Å². The topological polar surface area (TPSA) is 75.6 Å². The van der Waals surface area contributed by atoms with E-state index in [1.165, 1.54) is 6.20 Å². The predicted octanol–water partition coefficient (Wildman–Crippen LogP) is 0.664. The average molecular weight is 191 g/mol. The van der Waals surface area contributed by atoms with Gasteiger partial charge in [-0.05, 0) is 19.1 Å². The number of carbonyl (C=O) groups excluding carboxylic acids is 1. The van der Waals surface area contributed by atoms with E-state index in [1.54, 1.807) is 25.3 Å². The first-order valence-electron chi connectivity index (χ1n) is 4.09. The Morgan fingerprint density at radius 2 is 2.50 bits per heavy atom. The normalized spacial score (nSPS) is 8.93. The molecule has 0 aliphatic heterocycles. The molecule has 14 heavy (non-hydrogen) atoms. The highest BCUT2D eigenvalue weighted by Gasteiger charge is 2.23. The molecule has 0 aromatic carbocycles. The molecule has 0 saturated carbocycles. The number of hydrogen-bond donors (Lipinski definition) is 0. The van der Waals surface area contributed by atoms with Gasteiger partial charge < -0.3 is 10.3 Å². The van der Waals surface area contributed by atoms with Crippen LogP contribution in [0, 0.1) is 0 Å². The highest BCUT2D eigenvalue weighted by atomic mass is 16.5. The van der Waals surface area contributed by atoms with Gasteiger partial charge in [-0.15, -0.1) is 0 Å². The summed E-state index contributed by atoms with van der Waals surface area (Å²) in [5.74, 6) is -0.664. The maximum Gasteiger partial charge on any atom is 0.422 e. The molecule has 0 aliphatic rings. The van der Waals surface area contributed by atoms with Gasteiger partial charge in [0.2, 0.25) is 0 Å². The molecule has 0 aliphatic carbocycles. The van der Waals surface area contributed by atoms with E-state index in [0.29, 0.717) is 5.56 Å². The highest BCUT2D eigenvalue weighted by Crippen LogP contribution is 1.98. The van der Waals surface area contributed by atoms with Crippen LogP contribution in [0.4, 0.5) is 0 Å². The maximum absolute atomic E-state index is 11.2. The summed E-state index contributed by atoms with van der Waals surface area (Å²) in [4.78, 5) is 17.9. The summed E-state index contributed by atoms with van der Waals surface area (Å²) in [5.41, 5.74) is 8.92. The Morgan fingerprint density at radius 1 is 1.71 bits per heavy atom. The zero-order chi connectivity index (χ0) is 10.4. The molecule has 0 unspecified atom stereocenters. The van der Waals surface area contributed by atoms with Gasteiger partial charge in [-0.2, -0.15) is 4.79 Å². The Balaban J connectivity index is 2.96. The van der Waals surface area contributed by atoms with E-state index >= 15 is 0 Å². The number of rotatable bonds is 3. The lowest BCUT2D eigenvalue weighted by Gasteiger charge is -1.96. The molecule has 1 aromatic rings. The van der Waals surface area contributed by atoms with Crippen LogP contribution < -0.4 is 0 Å². The van der Waals surface area contributed by atoms with Crippen molar-refractivity contribution in [3.8, 4) is 0 Å². The summed E-state index contributed by atoms with van der Waals surface area (Å²) < 4.78 is 4.69. The Hall–Kier alpha value is -2.00. The zero-order valence-electron chi connectivity index (χ0n) is 7.67. The van der Waals surface area contributed by atoms with Gasteiger partial charge in [0.1, 0.15) is 0 Å². The quantitative estimate of drug-likeness (QED) is 0.305. The number of ether oxygens (including phenoxy) is 1. The first-order chi connectivity index (χ1) is 6.79. The van der Waals surface area contributed by atoms with Crippen molar-refractivity contribution in [1.29, 1.82) is 0 Å². The first-order valence-corrected chi connectivity index (χ1v) is 4.09. The summed E-state index contributed by atoms with van der Waals surface area (Å²) >= 11 is 0. The molecule has 0 fully saturated rings. The third-order valence-electron chi connectivity index (χ3n) is 1.50. The standard InChI is InChI=1S/C9H9N3O2/c1-2-14-9(13)8(12-10)7-4-3-5-11-6-7/h3-6H,2H2,1H3. The van der Waals surface area contributed by atoms with Crippen LogP contribution in [0.2, 0.25) is 0 Å². The van der Waals surface area contributed by atoms with E-state index in [9.17, 15) is 4.79 Å². The largest absolute Gasteiger partial charge is 0.457 e. The lowest BCUT2D eigenvalue weighted by molar-refractivity contribution is -0.139. The van der Waals surface area contributed by atoms with Crippen molar-refractivity contribution in [3.63, 3.8) is 0 Å². The third kappa shape index (κ3) is 2.24. The lowest BCUT2D eigenvalue weighted by Crippen LogP contribution is -2.19. The van der Waals surface area contributed by atoms with Crippen molar-refractivity contribution in [2.75, 3.05) is 6.61 Å². The summed E-state index contributed by atoms with van der Waals surface area (Å²) in [7, 11) is 0. The van der Waals surface area contributed by atoms with Gasteiger partial charge in [0.05, 0.1) is 12.2 Å². The number of aromatic nitrogens is 1. The number of carbonyl (C=O) groups is 1. The summed E-state index contributed by atoms with van der Waals surface area (Å²) in [6.45, 7) is 1.91. The Labute approximate surface area is 81.0 Å². The van der Waals surface area contributed by atoms with Gasteiger partial charge in [-0.3, -0.25) is 4.98 Å². The van der Waals surface area contributed by atoms with Crippen LogP contribution in [0.3, 0.4) is 0 Å². The average Bonchev–Trinajstić information content (AvgIpc) is 2.21. The van der Waals surface area contributed by atoms with E-state index in [0.717, 1.165) is 0 Å². The lowest BCUT2D eigenvalue weighted by atomic mass is 10.2. The second kappa shape index (κ2) is 4.89. The molecule has 0 N–H and O–H groups in total. The molecule has 1 aromatic heterocycles. The molecule has 1 rings (SSSR count). The number of pyridine rings is 1. The van der Waals surface area contributed by atoms with E-state index < -0.39 is 5.97 Å². The van der Waals surface area contributed by atoms with Gasteiger partial charge in [-0.1, -0.05) is 0 Å². The van der Waals surface area contributed by atoms with Crippen LogP contribution in [-0.2, 0) is 9.53 Å². The van der Waals surface area contributed by atoms with Crippen molar-refractivity contribution >= 4 is 11.7 Å². The van der Waals surface area contributed by atoms with Crippen LogP contribution in [0.5, 0.6) is 0 Å². The van der Waals surface area contributed by atoms with Crippen molar-refractivity contribution in [3.05, 3.63) is 35.6 Å². The fraction of sp³-hybridized carbons (Fsp3) is 0.222. The molecule has 0 radical (unpaired) electrons. The number of esters is 1. The Kier molecular flexibility index (Phi) is 3.52. The van der Waals surface area contributed by atoms with Crippen LogP contribution in [0.15, 0.2) is 24.5 Å². The van der Waals surface area contributed by atoms with Crippen molar-refractivity contribution < 1.29 is 14.3 Å². The van der Waals surface area contributed by atoms with E-state index in [1.807, 2.05) is 0 Å². The monoisotopic (exact) mass is 191 g/mol. The van der Waals surface area contributed by atoms with Crippen LogP contribution in [0.1, 0.15) is 12.5 Å². The SMILES string of the molecule is CCOC(=O)C(=[N+]=[N-])c1cccnc1. The van der Waals surface area contributed by atoms with Crippen LogP contribution in [-0.4, -0.2) is 28.1 Å². The van der Waals surface area contributed by atoms with Crippen molar-refractivity contribution in [2.24, 2.45) is 0 Å². The van der Waals surface area contributed by atoms with E-state index in [2.05, 4.69) is 9.77 Å². The fourth-order valence-electron chi connectivity index (χ4n) is 0.919. The molecule has 0 saturated heterocycles. The first kappa shape index (κ1) is 10.1. The molecular weight excluding hydrogens is 182 g/mol. The summed E-state index contributed by atoms with van der Waals surface area (Å²) in [6.07, 6.45) is 2.98. The summed E-state index contributed by atoms with van der Waals surface area (Å²) in [5, 5.41) is 0. The van der Waals surface area contributed by atoms with Crippen molar-refractivity contribution in [2.45, 2.75) is 6.92 Å². The molecule has 0 bridgehead atoms. The predicted molar refractivity (Wildman–Crippen MR) is 48.6 cm³/mol. The van der Waals surface area contributed by atoms with Gasteiger partial charge in [0, 0.05) is 12.4 Å². The minimum atomic E-state index is -0.664. The van der Waals surface area contributed by atoms with E-state index in [4.69, 9.17) is 10.3 Å². The zero-order valence-corrected chi connectivity index (χ0v) is 7.67. The maximum atomic E-state index is 11.2. The summed E-state index contributed by atoms with van der Waals surface area (Å²) in [6, 6.07) is 3.25. The van der Waals surface area contributed by atoms with Gasteiger partial charge in [-0.25, -0.2) is 4.79 Å². The van der Waals surface area contributed by atoms with Gasteiger partial charge in [0.25, 0.3) is 0 Å². The van der Waals surface area contributed by atoms with Crippen LogP contribution in [0.25, 0.3) is 5.53 Å². The van der Waals surface area contributed by atoms with Crippen LogP contribution >= 0.6 is 0 Å². The molecule has 0 amide bonds. The highest BCUT2D eigenvalue weighted by molar-refractivity contribution is 6.40. The fourth-order valence-corrected chi connectivity index (χ4v) is 0.919. The third-order valence-corrected chi connectivity index (χ3v) is 1.50. The molecule has 72 valence electrons. The number of nitrogens with zero attached hydrogens (tertiary/aromatic N) is 3.